The second kappa shape index (κ2) is 8.45. The summed E-state index contributed by atoms with van der Waals surface area (Å²) >= 11 is 2.52. The smallest absolute Gasteiger partial charge is 0.260 e. The van der Waals surface area contributed by atoms with Crippen LogP contribution in [0.15, 0.2) is 56.1 Å². The van der Waals surface area contributed by atoms with Crippen LogP contribution in [0.1, 0.15) is 11.5 Å². The van der Waals surface area contributed by atoms with Crippen LogP contribution in [0.5, 0.6) is 0 Å². The number of nitrogens with one attached hydrogen (secondary N) is 1. The second-order valence-electron chi connectivity index (χ2n) is 6.76. The molecule has 0 aliphatic heterocycles. The van der Waals surface area contributed by atoms with Crippen molar-refractivity contribution < 1.29 is 13.6 Å². The lowest BCUT2D eigenvalue weighted by Gasteiger charge is -2.15. The molecule has 0 saturated heterocycles. The molecule has 0 spiro atoms. The van der Waals surface area contributed by atoms with Gasteiger partial charge in [0.1, 0.15) is 22.2 Å². The number of H-pyrrole nitrogens is 1. The zero-order valence-corrected chi connectivity index (χ0v) is 17.9. The third kappa shape index (κ3) is 4.31. The SMILES string of the molecule is Cc1ccc(CN(C)C(=O)CSc2nc3scc(-c4ccc(F)cc4)c3c(=O)[nH]2)o1. The van der Waals surface area contributed by atoms with Crippen molar-refractivity contribution in [3.8, 4) is 11.1 Å². The molecule has 1 amide bonds. The number of halogens is 1. The third-order valence-corrected chi connectivity index (χ3v) is 6.25. The molecular formula is C21H18FN3O3S2. The maximum Gasteiger partial charge on any atom is 0.260 e. The topological polar surface area (TPSA) is 79.2 Å². The molecule has 0 aliphatic rings. The average molecular weight is 444 g/mol. The average Bonchev–Trinajstić information content (AvgIpc) is 3.33. The Morgan fingerprint density at radius 2 is 2.03 bits per heavy atom. The molecule has 0 aliphatic carbocycles. The van der Waals surface area contributed by atoms with Crippen molar-refractivity contribution in [3.05, 3.63) is 69.5 Å². The Morgan fingerprint density at radius 1 is 1.27 bits per heavy atom. The van der Waals surface area contributed by atoms with Gasteiger partial charge in [0.15, 0.2) is 5.16 Å². The lowest BCUT2D eigenvalue weighted by atomic mass is 10.1. The van der Waals surface area contributed by atoms with Crippen LogP contribution in [0.3, 0.4) is 0 Å². The maximum absolute atomic E-state index is 13.2. The fourth-order valence-electron chi connectivity index (χ4n) is 2.97. The summed E-state index contributed by atoms with van der Waals surface area (Å²) in [5, 5.41) is 2.68. The number of hydrogen-bond acceptors (Lipinski definition) is 6. The van der Waals surface area contributed by atoms with Crippen molar-refractivity contribution >= 4 is 39.2 Å². The monoisotopic (exact) mass is 443 g/mol. The number of carbonyl (C=O) groups is 1. The Kier molecular flexibility index (Phi) is 5.74. The number of thiophene rings is 1. The molecule has 0 unspecified atom stereocenters. The molecule has 0 saturated carbocycles. The Hall–Kier alpha value is -2.91. The highest BCUT2D eigenvalue weighted by molar-refractivity contribution is 7.99. The van der Waals surface area contributed by atoms with E-state index in [1.54, 1.807) is 24.1 Å². The predicted molar refractivity (Wildman–Crippen MR) is 116 cm³/mol. The van der Waals surface area contributed by atoms with Crippen molar-refractivity contribution in [2.45, 2.75) is 18.6 Å². The molecule has 0 atom stereocenters. The lowest BCUT2D eigenvalue weighted by Crippen LogP contribution is -2.27. The first-order chi connectivity index (χ1) is 14.4. The number of furan rings is 1. The van der Waals surface area contributed by atoms with Gasteiger partial charge in [-0.2, -0.15) is 0 Å². The summed E-state index contributed by atoms with van der Waals surface area (Å²) in [5.74, 6) is 1.22. The van der Waals surface area contributed by atoms with Gasteiger partial charge in [-0.05, 0) is 36.8 Å². The van der Waals surface area contributed by atoms with Gasteiger partial charge in [-0.25, -0.2) is 9.37 Å². The number of amides is 1. The van der Waals surface area contributed by atoms with Gasteiger partial charge in [0.05, 0.1) is 17.7 Å². The largest absolute Gasteiger partial charge is 0.464 e. The van der Waals surface area contributed by atoms with Gasteiger partial charge < -0.3 is 14.3 Å². The van der Waals surface area contributed by atoms with Gasteiger partial charge in [0.2, 0.25) is 5.91 Å². The molecule has 30 heavy (non-hydrogen) atoms. The van der Waals surface area contributed by atoms with Gasteiger partial charge in [0, 0.05) is 18.0 Å². The van der Waals surface area contributed by atoms with E-state index in [0.29, 0.717) is 33.2 Å². The van der Waals surface area contributed by atoms with Crippen molar-refractivity contribution in [1.82, 2.24) is 14.9 Å². The number of hydrogen-bond donors (Lipinski definition) is 1. The predicted octanol–water partition coefficient (Wildman–Crippen LogP) is 4.44. The quantitative estimate of drug-likeness (QED) is 0.352. The van der Waals surface area contributed by atoms with Crippen molar-refractivity contribution in [2.75, 3.05) is 12.8 Å². The molecule has 3 aromatic heterocycles. The Morgan fingerprint density at radius 3 is 2.73 bits per heavy atom. The summed E-state index contributed by atoms with van der Waals surface area (Å²) in [6, 6.07) is 9.68. The number of thioether (sulfide) groups is 1. The van der Waals surface area contributed by atoms with Crippen molar-refractivity contribution in [1.29, 1.82) is 0 Å². The number of aromatic amines is 1. The van der Waals surface area contributed by atoms with Gasteiger partial charge in [0.25, 0.3) is 5.56 Å². The van der Waals surface area contributed by atoms with Crippen LogP contribution in [0.4, 0.5) is 4.39 Å². The summed E-state index contributed by atoms with van der Waals surface area (Å²) in [7, 11) is 1.70. The first-order valence-electron chi connectivity index (χ1n) is 9.10. The minimum atomic E-state index is -0.333. The molecule has 3 heterocycles. The summed E-state index contributed by atoms with van der Waals surface area (Å²) < 4.78 is 18.7. The zero-order valence-electron chi connectivity index (χ0n) is 16.3. The molecule has 9 heteroatoms. The first kappa shape index (κ1) is 20.4. The molecule has 0 radical (unpaired) electrons. The Balaban J connectivity index is 1.48. The fraction of sp³-hybridized carbons (Fsp3) is 0.190. The van der Waals surface area contributed by atoms with Crippen LogP contribution in [0, 0.1) is 12.7 Å². The van der Waals surface area contributed by atoms with Crippen LogP contribution in [-0.2, 0) is 11.3 Å². The minimum Gasteiger partial charge on any atom is -0.464 e. The van der Waals surface area contributed by atoms with Crippen LogP contribution >= 0.6 is 23.1 Å². The van der Waals surface area contributed by atoms with E-state index in [1.165, 1.54) is 35.2 Å². The first-order valence-corrected chi connectivity index (χ1v) is 11.0. The van der Waals surface area contributed by atoms with Gasteiger partial charge >= 0.3 is 0 Å². The molecule has 1 N–H and O–H groups in total. The molecule has 4 aromatic rings. The van der Waals surface area contributed by atoms with Crippen LogP contribution in [0.2, 0.25) is 0 Å². The maximum atomic E-state index is 13.2. The fourth-order valence-corrected chi connectivity index (χ4v) is 4.78. The van der Waals surface area contributed by atoms with Gasteiger partial charge in [-0.3, -0.25) is 9.59 Å². The van der Waals surface area contributed by atoms with E-state index in [-0.39, 0.29) is 23.0 Å². The normalized spacial score (nSPS) is 11.2. The molecule has 4 rings (SSSR count). The van der Waals surface area contributed by atoms with Crippen LogP contribution < -0.4 is 5.56 Å². The number of benzene rings is 1. The highest BCUT2D eigenvalue weighted by atomic mass is 32.2. The number of rotatable bonds is 6. The molecule has 6 nitrogen and oxygen atoms in total. The summed E-state index contributed by atoms with van der Waals surface area (Å²) in [5.41, 5.74) is 1.18. The second-order valence-corrected chi connectivity index (χ2v) is 8.58. The number of fused-ring (bicyclic) bond motifs is 1. The van der Waals surface area contributed by atoms with E-state index in [9.17, 15) is 14.0 Å². The van der Waals surface area contributed by atoms with Crippen LogP contribution in [0.25, 0.3) is 21.3 Å². The highest BCUT2D eigenvalue weighted by Gasteiger charge is 2.16. The third-order valence-electron chi connectivity index (χ3n) is 4.52. The molecular weight excluding hydrogens is 425 g/mol. The highest BCUT2D eigenvalue weighted by Crippen LogP contribution is 2.31. The van der Waals surface area contributed by atoms with E-state index in [1.807, 2.05) is 24.4 Å². The molecule has 0 bridgehead atoms. The van der Waals surface area contributed by atoms with Crippen molar-refractivity contribution in [3.63, 3.8) is 0 Å². The van der Waals surface area contributed by atoms with Crippen LogP contribution in [-0.4, -0.2) is 33.6 Å². The van der Waals surface area contributed by atoms with E-state index >= 15 is 0 Å². The number of aryl methyl sites for hydroxylation is 1. The molecule has 0 fully saturated rings. The van der Waals surface area contributed by atoms with E-state index in [0.717, 1.165) is 11.3 Å². The zero-order chi connectivity index (χ0) is 21.3. The summed E-state index contributed by atoms with van der Waals surface area (Å²) in [6.07, 6.45) is 0. The van der Waals surface area contributed by atoms with Crippen molar-refractivity contribution in [2.24, 2.45) is 0 Å². The summed E-state index contributed by atoms with van der Waals surface area (Å²) in [6.45, 7) is 2.23. The lowest BCUT2D eigenvalue weighted by molar-refractivity contribution is -0.127. The molecule has 1 aromatic carbocycles. The van der Waals surface area contributed by atoms with Gasteiger partial charge in [-0.1, -0.05) is 23.9 Å². The van der Waals surface area contributed by atoms with E-state index in [4.69, 9.17) is 4.42 Å². The summed E-state index contributed by atoms with van der Waals surface area (Å²) in [4.78, 5) is 34.4. The number of nitrogens with zero attached hydrogens (tertiary/aromatic N) is 2. The number of carbonyl (C=O) groups excluding carboxylic acids is 1. The Labute approximate surface area is 179 Å². The minimum absolute atomic E-state index is 0.102. The number of aromatic nitrogens is 2. The standard InChI is InChI=1S/C21H18FN3O3S2/c1-12-3-8-15(28-12)9-25(2)17(26)11-30-21-23-19(27)18-16(10-29-20(18)24-21)13-4-6-14(22)7-5-13/h3-8,10H,9,11H2,1-2H3,(H,23,24,27). The Bertz CT molecular complexity index is 1260. The van der Waals surface area contributed by atoms with E-state index in [2.05, 4.69) is 9.97 Å². The van der Waals surface area contributed by atoms with E-state index < -0.39 is 0 Å². The van der Waals surface area contributed by atoms with Gasteiger partial charge in [-0.15, -0.1) is 11.3 Å². The molecule has 154 valence electrons.